The van der Waals surface area contributed by atoms with Gasteiger partial charge in [-0.05, 0) is 60.5 Å². The minimum absolute atomic E-state index is 0.192. The first-order chi connectivity index (χ1) is 14.5. The molecule has 1 heterocycles. The van der Waals surface area contributed by atoms with Crippen molar-refractivity contribution in [3.8, 4) is 17.2 Å². The van der Waals surface area contributed by atoms with Crippen LogP contribution in [-0.2, 0) is 6.54 Å². The smallest absolute Gasteiger partial charge is 0.251 e. The van der Waals surface area contributed by atoms with Crippen LogP contribution in [0.5, 0.6) is 11.5 Å². The van der Waals surface area contributed by atoms with Crippen LogP contribution in [0, 0.1) is 13.8 Å². The lowest BCUT2D eigenvalue weighted by Crippen LogP contribution is -2.23. The maximum atomic E-state index is 12.8. The molecule has 0 radical (unpaired) electrons. The zero-order chi connectivity index (χ0) is 21.7. The number of methoxy groups -OCH3 is 1. The number of para-hydroxylation sites is 1. The van der Waals surface area contributed by atoms with E-state index in [9.17, 15) is 4.79 Å². The Morgan fingerprint density at radius 3 is 2.60 bits per heavy atom. The van der Waals surface area contributed by atoms with Gasteiger partial charge in [-0.1, -0.05) is 25.1 Å². The molecule has 2 aromatic carbocycles. The van der Waals surface area contributed by atoms with Crippen LogP contribution in [-0.4, -0.2) is 29.4 Å². The number of aryl methyl sites for hydroxylation is 1. The summed E-state index contributed by atoms with van der Waals surface area (Å²) in [6.07, 6.45) is 0.882. The molecule has 0 saturated heterocycles. The molecule has 0 bridgehead atoms. The molecule has 0 saturated carbocycles. The molecular weight excluding hydrogens is 446 g/mol. The van der Waals surface area contributed by atoms with Gasteiger partial charge in [0.1, 0.15) is 0 Å². The Morgan fingerprint density at radius 1 is 1.20 bits per heavy atom. The molecule has 1 amide bonds. The molecule has 6 nitrogen and oxygen atoms in total. The van der Waals surface area contributed by atoms with Crippen LogP contribution in [0.15, 0.2) is 46.9 Å². The van der Waals surface area contributed by atoms with E-state index >= 15 is 0 Å². The Bertz CT molecular complexity index is 1030. The van der Waals surface area contributed by atoms with Crippen molar-refractivity contribution in [1.29, 1.82) is 0 Å². The molecule has 1 aromatic heterocycles. The monoisotopic (exact) mass is 471 g/mol. The molecule has 3 rings (SSSR count). The first-order valence-corrected chi connectivity index (χ1v) is 10.6. The molecule has 30 heavy (non-hydrogen) atoms. The summed E-state index contributed by atoms with van der Waals surface area (Å²) in [5.74, 6) is 0.932. The normalized spacial score (nSPS) is 10.7. The zero-order valence-electron chi connectivity index (χ0n) is 17.7. The zero-order valence-corrected chi connectivity index (χ0v) is 19.2. The topological polar surface area (TPSA) is 65.4 Å². The number of nitrogens with zero attached hydrogens (tertiary/aromatic N) is 2. The van der Waals surface area contributed by atoms with Gasteiger partial charge >= 0.3 is 0 Å². The van der Waals surface area contributed by atoms with Gasteiger partial charge in [0.25, 0.3) is 5.91 Å². The Kier molecular flexibility index (Phi) is 7.15. The average molecular weight is 472 g/mol. The van der Waals surface area contributed by atoms with Crippen LogP contribution in [0.4, 0.5) is 0 Å². The predicted molar refractivity (Wildman–Crippen MR) is 121 cm³/mol. The van der Waals surface area contributed by atoms with Crippen molar-refractivity contribution in [2.75, 3.05) is 13.7 Å². The molecule has 0 aliphatic rings. The van der Waals surface area contributed by atoms with E-state index in [0.29, 0.717) is 34.7 Å². The highest BCUT2D eigenvalue weighted by atomic mass is 79.9. The van der Waals surface area contributed by atoms with Gasteiger partial charge < -0.3 is 14.8 Å². The fourth-order valence-corrected chi connectivity index (χ4v) is 3.77. The van der Waals surface area contributed by atoms with E-state index in [1.165, 1.54) is 0 Å². The number of rotatable bonds is 8. The van der Waals surface area contributed by atoms with Crippen LogP contribution in [0.1, 0.15) is 40.7 Å². The van der Waals surface area contributed by atoms with Gasteiger partial charge in [-0.15, -0.1) is 0 Å². The number of benzene rings is 2. The van der Waals surface area contributed by atoms with Crippen LogP contribution in [0.2, 0.25) is 0 Å². The third-order valence-corrected chi connectivity index (χ3v) is 5.40. The van der Waals surface area contributed by atoms with Gasteiger partial charge in [-0.2, -0.15) is 5.10 Å². The molecule has 0 aliphatic heterocycles. The number of hydrogen-bond donors (Lipinski definition) is 1. The minimum Gasteiger partial charge on any atom is -0.493 e. The first kappa shape index (κ1) is 21.9. The largest absolute Gasteiger partial charge is 0.493 e. The molecule has 0 fully saturated rings. The predicted octanol–water partition coefficient (Wildman–Crippen LogP) is 4.98. The van der Waals surface area contributed by atoms with Crippen molar-refractivity contribution in [2.45, 2.75) is 33.7 Å². The van der Waals surface area contributed by atoms with Gasteiger partial charge in [-0.3, -0.25) is 4.79 Å². The summed E-state index contributed by atoms with van der Waals surface area (Å²) in [7, 11) is 1.56. The minimum atomic E-state index is -0.192. The molecule has 7 heteroatoms. The lowest BCUT2D eigenvalue weighted by molar-refractivity contribution is 0.0950. The second-order valence-electron chi connectivity index (χ2n) is 6.92. The van der Waals surface area contributed by atoms with E-state index in [-0.39, 0.29) is 5.91 Å². The number of carbonyl (C=O) groups excluding carboxylic acids is 1. The van der Waals surface area contributed by atoms with Gasteiger partial charge in [0, 0.05) is 23.4 Å². The fourth-order valence-electron chi connectivity index (χ4n) is 3.22. The number of halogens is 1. The van der Waals surface area contributed by atoms with Crippen LogP contribution < -0.4 is 14.8 Å². The van der Waals surface area contributed by atoms with E-state index in [0.717, 1.165) is 29.1 Å². The summed E-state index contributed by atoms with van der Waals surface area (Å²) in [5, 5.41) is 7.63. The molecule has 0 spiro atoms. The van der Waals surface area contributed by atoms with Crippen molar-refractivity contribution in [2.24, 2.45) is 0 Å². The Labute approximate surface area is 185 Å². The highest BCUT2D eigenvalue weighted by Crippen LogP contribution is 2.36. The highest BCUT2D eigenvalue weighted by molar-refractivity contribution is 9.10. The van der Waals surface area contributed by atoms with Gasteiger partial charge in [-0.25, -0.2) is 4.68 Å². The van der Waals surface area contributed by atoms with Crippen molar-refractivity contribution in [1.82, 2.24) is 15.1 Å². The molecular formula is C23H26BrN3O3. The van der Waals surface area contributed by atoms with Crippen LogP contribution in [0.25, 0.3) is 5.69 Å². The molecule has 0 unspecified atom stereocenters. The van der Waals surface area contributed by atoms with Crippen molar-refractivity contribution in [3.05, 3.63) is 69.5 Å². The number of hydrogen-bond acceptors (Lipinski definition) is 4. The first-order valence-electron chi connectivity index (χ1n) is 9.85. The van der Waals surface area contributed by atoms with Crippen molar-refractivity contribution in [3.63, 3.8) is 0 Å². The van der Waals surface area contributed by atoms with Crippen LogP contribution in [0.3, 0.4) is 0 Å². The number of aromatic nitrogens is 2. The number of amides is 1. The van der Waals surface area contributed by atoms with E-state index < -0.39 is 0 Å². The number of ether oxygens (including phenoxy) is 2. The van der Waals surface area contributed by atoms with E-state index in [1.807, 2.05) is 55.8 Å². The average Bonchev–Trinajstić information content (AvgIpc) is 3.04. The van der Waals surface area contributed by atoms with Gasteiger partial charge in [0.15, 0.2) is 11.5 Å². The third-order valence-electron chi connectivity index (χ3n) is 4.81. The maximum absolute atomic E-state index is 12.8. The lowest BCUT2D eigenvalue weighted by atomic mass is 10.1. The van der Waals surface area contributed by atoms with E-state index in [4.69, 9.17) is 9.47 Å². The maximum Gasteiger partial charge on any atom is 0.251 e. The number of nitrogens with one attached hydrogen (secondary N) is 1. The Morgan fingerprint density at radius 2 is 1.93 bits per heavy atom. The van der Waals surface area contributed by atoms with E-state index in [1.54, 1.807) is 19.2 Å². The summed E-state index contributed by atoms with van der Waals surface area (Å²) in [5.41, 5.74) is 4.38. The van der Waals surface area contributed by atoms with Crippen LogP contribution >= 0.6 is 15.9 Å². The third kappa shape index (κ3) is 4.67. The Hall–Kier alpha value is -2.80. The quantitative estimate of drug-likeness (QED) is 0.503. The molecule has 0 atom stereocenters. The van der Waals surface area contributed by atoms with Crippen molar-refractivity contribution < 1.29 is 14.3 Å². The second-order valence-corrected chi connectivity index (χ2v) is 7.77. The number of carbonyl (C=O) groups is 1. The summed E-state index contributed by atoms with van der Waals surface area (Å²) in [6.45, 7) is 6.95. The van der Waals surface area contributed by atoms with E-state index in [2.05, 4.69) is 26.3 Å². The summed E-state index contributed by atoms with van der Waals surface area (Å²) >= 11 is 3.49. The van der Waals surface area contributed by atoms with Gasteiger partial charge in [0.2, 0.25) is 0 Å². The Balaban J connectivity index is 1.78. The molecule has 158 valence electrons. The molecule has 0 aliphatic carbocycles. The molecule has 1 N–H and O–H groups in total. The summed E-state index contributed by atoms with van der Waals surface area (Å²) < 4.78 is 13.7. The van der Waals surface area contributed by atoms with Crippen molar-refractivity contribution >= 4 is 21.8 Å². The van der Waals surface area contributed by atoms with Gasteiger partial charge in [0.05, 0.1) is 29.6 Å². The lowest BCUT2D eigenvalue weighted by Gasteiger charge is -2.14. The standard InChI is InChI=1S/C23H26BrN3O3/c1-5-11-30-22-20(24)12-17(13-21(22)29-4)23(28)25-14-19-15(2)26-27(16(19)3)18-9-7-6-8-10-18/h6-10,12-13H,5,11,14H2,1-4H3,(H,25,28). The highest BCUT2D eigenvalue weighted by Gasteiger charge is 2.17. The second kappa shape index (κ2) is 9.80. The fraction of sp³-hybridized carbons (Fsp3) is 0.304. The summed E-state index contributed by atoms with van der Waals surface area (Å²) in [4.78, 5) is 12.8. The molecule has 3 aromatic rings. The summed E-state index contributed by atoms with van der Waals surface area (Å²) in [6, 6.07) is 13.4. The SMILES string of the molecule is CCCOc1c(Br)cc(C(=O)NCc2c(C)nn(-c3ccccc3)c2C)cc1OC.